The fraction of sp³-hybridized carbons (Fsp3) is 0.364. The molecule has 4 heteroatoms. The first kappa shape index (κ1) is 11.4. The quantitative estimate of drug-likeness (QED) is 0.588. The van der Waals surface area contributed by atoms with Crippen LogP contribution in [-0.2, 0) is 6.42 Å². The summed E-state index contributed by atoms with van der Waals surface area (Å²) in [5, 5.41) is 19.3. The van der Waals surface area contributed by atoms with E-state index in [1.54, 1.807) is 0 Å². The molecule has 4 nitrogen and oxygen atoms in total. The molecule has 1 aromatic rings. The number of benzene rings is 1. The Kier molecular flexibility index (Phi) is 3.55. The molecule has 15 heavy (non-hydrogen) atoms. The van der Waals surface area contributed by atoms with E-state index in [1.165, 1.54) is 13.2 Å². The van der Waals surface area contributed by atoms with E-state index in [4.69, 9.17) is 4.74 Å². The Hall–Kier alpha value is -1.71. The maximum absolute atomic E-state index is 10.7. The molecule has 0 saturated carbocycles. The van der Waals surface area contributed by atoms with Gasteiger partial charge in [-0.15, -0.1) is 0 Å². The number of hydrogen-bond acceptors (Lipinski definition) is 4. The molecule has 0 spiro atoms. The first-order valence-electron chi connectivity index (χ1n) is 4.72. The van der Waals surface area contributed by atoms with Crippen molar-refractivity contribution in [2.45, 2.75) is 19.8 Å². The summed E-state index contributed by atoms with van der Waals surface area (Å²) >= 11 is 0. The van der Waals surface area contributed by atoms with Gasteiger partial charge in [0, 0.05) is 5.56 Å². The summed E-state index contributed by atoms with van der Waals surface area (Å²) in [6.45, 7) is 1.95. The van der Waals surface area contributed by atoms with Crippen LogP contribution in [-0.4, -0.2) is 23.6 Å². The Balaban J connectivity index is 3.37. The van der Waals surface area contributed by atoms with E-state index in [9.17, 15) is 15.0 Å². The lowest BCUT2D eigenvalue weighted by Crippen LogP contribution is -1.95. The van der Waals surface area contributed by atoms with Crippen LogP contribution in [0.1, 0.15) is 29.3 Å². The average Bonchev–Trinajstić information content (AvgIpc) is 2.22. The van der Waals surface area contributed by atoms with Gasteiger partial charge in [0.25, 0.3) is 0 Å². The SMILES string of the molecule is CCCc1cc(O)c(C=O)c(OC)c1O. The summed E-state index contributed by atoms with van der Waals surface area (Å²) in [5.74, 6) is -0.198. The predicted octanol–water partition coefficient (Wildman–Crippen LogP) is 1.87. The van der Waals surface area contributed by atoms with E-state index in [2.05, 4.69) is 0 Å². The van der Waals surface area contributed by atoms with Gasteiger partial charge in [0.05, 0.1) is 7.11 Å². The molecule has 0 aliphatic rings. The molecule has 0 unspecified atom stereocenters. The van der Waals surface area contributed by atoms with Crippen LogP contribution in [0.15, 0.2) is 6.07 Å². The Morgan fingerprint density at radius 1 is 1.47 bits per heavy atom. The first-order valence-corrected chi connectivity index (χ1v) is 4.72. The second-order valence-corrected chi connectivity index (χ2v) is 3.22. The van der Waals surface area contributed by atoms with Crippen LogP contribution >= 0.6 is 0 Å². The van der Waals surface area contributed by atoms with Crippen LogP contribution in [0.5, 0.6) is 17.2 Å². The van der Waals surface area contributed by atoms with Crippen molar-refractivity contribution in [1.29, 1.82) is 0 Å². The molecule has 0 fully saturated rings. The third-order valence-electron chi connectivity index (χ3n) is 2.19. The smallest absolute Gasteiger partial charge is 0.175 e. The molecule has 0 radical (unpaired) electrons. The fourth-order valence-electron chi connectivity index (χ4n) is 1.48. The highest BCUT2D eigenvalue weighted by Gasteiger charge is 2.17. The van der Waals surface area contributed by atoms with Gasteiger partial charge in [-0.05, 0) is 12.5 Å². The van der Waals surface area contributed by atoms with Gasteiger partial charge in [-0.1, -0.05) is 13.3 Å². The molecule has 0 amide bonds. The molecule has 0 aliphatic heterocycles. The second kappa shape index (κ2) is 4.68. The molecule has 0 heterocycles. The largest absolute Gasteiger partial charge is 0.507 e. The Labute approximate surface area is 88.1 Å². The minimum absolute atomic E-state index is 0.0187. The summed E-state index contributed by atoms with van der Waals surface area (Å²) in [7, 11) is 1.34. The van der Waals surface area contributed by atoms with E-state index in [0.29, 0.717) is 18.3 Å². The number of aromatic hydroxyl groups is 2. The lowest BCUT2D eigenvalue weighted by Gasteiger charge is -2.11. The number of ether oxygens (including phenoxy) is 1. The van der Waals surface area contributed by atoms with Crippen LogP contribution in [0.25, 0.3) is 0 Å². The molecule has 0 aromatic heterocycles. The van der Waals surface area contributed by atoms with E-state index < -0.39 is 0 Å². The van der Waals surface area contributed by atoms with Crippen molar-refractivity contribution in [3.05, 3.63) is 17.2 Å². The topological polar surface area (TPSA) is 66.8 Å². The van der Waals surface area contributed by atoms with Gasteiger partial charge in [-0.3, -0.25) is 4.79 Å². The number of aryl methyl sites for hydroxylation is 1. The lowest BCUT2D eigenvalue weighted by molar-refractivity contribution is 0.111. The van der Waals surface area contributed by atoms with E-state index in [0.717, 1.165) is 6.42 Å². The Morgan fingerprint density at radius 3 is 2.60 bits per heavy atom. The predicted molar refractivity (Wildman–Crippen MR) is 55.7 cm³/mol. The number of rotatable bonds is 4. The zero-order valence-corrected chi connectivity index (χ0v) is 8.78. The zero-order valence-electron chi connectivity index (χ0n) is 8.78. The van der Waals surface area contributed by atoms with Gasteiger partial charge >= 0.3 is 0 Å². The van der Waals surface area contributed by atoms with E-state index in [1.807, 2.05) is 6.92 Å². The van der Waals surface area contributed by atoms with Crippen LogP contribution < -0.4 is 4.74 Å². The van der Waals surface area contributed by atoms with Gasteiger partial charge < -0.3 is 14.9 Å². The number of carbonyl (C=O) groups excluding carboxylic acids is 1. The number of phenolic OH excluding ortho intramolecular Hbond substituents is 2. The molecule has 82 valence electrons. The number of aldehydes is 1. The number of phenols is 2. The van der Waals surface area contributed by atoms with Crippen LogP contribution in [0, 0.1) is 0 Å². The summed E-state index contributed by atoms with van der Waals surface area (Å²) in [4.78, 5) is 10.7. The van der Waals surface area contributed by atoms with E-state index >= 15 is 0 Å². The Bertz CT molecular complexity index is 371. The van der Waals surface area contributed by atoms with Gasteiger partial charge in [0.1, 0.15) is 11.3 Å². The highest BCUT2D eigenvalue weighted by atomic mass is 16.5. The standard InChI is InChI=1S/C11H14O4/c1-3-4-7-5-9(13)8(6-12)11(15-2)10(7)14/h5-6,13-14H,3-4H2,1-2H3. The van der Waals surface area contributed by atoms with Gasteiger partial charge in [0.2, 0.25) is 0 Å². The molecule has 0 atom stereocenters. The van der Waals surface area contributed by atoms with Crippen molar-refractivity contribution in [2.75, 3.05) is 7.11 Å². The zero-order chi connectivity index (χ0) is 11.4. The minimum atomic E-state index is -0.164. The van der Waals surface area contributed by atoms with Crippen LogP contribution in [0.3, 0.4) is 0 Å². The highest BCUT2D eigenvalue weighted by molar-refractivity contribution is 5.85. The molecular weight excluding hydrogens is 196 g/mol. The number of hydrogen-bond donors (Lipinski definition) is 2. The average molecular weight is 210 g/mol. The van der Waals surface area contributed by atoms with Gasteiger partial charge in [0.15, 0.2) is 17.8 Å². The molecular formula is C11H14O4. The van der Waals surface area contributed by atoms with Gasteiger partial charge in [-0.25, -0.2) is 0 Å². The van der Waals surface area contributed by atoms with E-state index in [-0.39, 0.29) is 22.8 Å². The van der Waals surface area contributed by atoms with Crippen molar-refractivity contribution in [1.82, 2.24) is 0 Å². The molecule has 1 rings (SSSR count). The monoisotopic (exact) mass is 210 g/mol. The highest BCUT2D eigenvalue weighted by Crippen LogP contribution is 2.38. The molecule has 0 saturated heterocycles. The third-order valence-corrected chi connectivity index (χ3v) is 2.19. The van der Waals surface area contributed by atoms with Crippen molar-refractivity contribution in [2.24, 2.45) is 0 Å². The summed E-state index contributed by atoms with van der Waals surface area (Å²) in [5.41, 5.74) is 0.562. The molecule has 2 N–H and O–H groups in total. The third kappa shape index (κ3) is 2.03. The summed E-state index contributed by atoms with van der Waals surface area (Å²) < 4.78 is 4.89. The molecule has 0 aliphatic carbocycles. The van der Waals surface area contributed by atoms with Crippen molar-refractivity contribution in [3.63, 3.8) is 0 Å². The Morgan fingerprint density at radius 2 is 2.13 bits per heavy atom. The van der Waals surface area contributed by atoms with Crippen LogP contribution in [0.2, 0.25) is 0 Å². The van der Waals surface area contributed by atoms with Gasteiger partial charge in [-0.2, -0.15) is 0 Å². The van der Waals surface area contributed by atoms with Crippen LogP contribution in [0.4, 0.5) is 0 Å². The van der Waals surface area contributed by atoms with Crippen molar-refractivity contribution < 1.29 is 19.7 Å². The lowest BCUT2D eigenvalue weighted by atomic mass is 10.0. The van der Waals surface area contributed by atoms with Crippen molar-refractivity contribution in [3.8, 4) is 17.2 Å². The summed E-state index contributed by atoms with van der Waals surface area (Å²) in [6, 6.07) is 1.39. The fourth-order valence-corrected chi connectivity index (χ4v) is 1.48. The summed E-state index contributed by atoms with van der Waals surface area (Å²) in [6.07, 6.45) is 1.91. The minimum Gasteiger partial charge on any atom is -0.507 e. The normalized spacial score (nSPS) is 10.0. The number of carbonyl (C=O) groups is 1. The number of methoxy groups -OCH3 is 1. The second-order valence-electron chi connectivity index (χ2n) is 3.22. The molecule has 1 aromatic carbocycles. The van der Waals surface area contributed by atoms with Crippen molar-refractivity contribution >= 4 is 6.29 Å². The molecule has 0 bridgehead atoms. The first-order chi connectivity index (χ1) is 7.15. The maximum Gasteiger partial charge on any atom is 0.175 e. The maximum atomic E-state index is 10.7.